The van der Waals surface area contributed by atoms with E-state index < -0.39 is 48.0 Å². The van der Waals surface area contributed by atoms with Crippen molar-refractivity contribution in [2.24, 2.45) is 28.6 Å². The average Bonchev–Trinajstić information content (AvgIpc) is 3.66. The molecule has 1 saturated heterocycles. The Bertz CT molecular complexity index is 1500. The largest absolute Gasteiger partial charge is 0.399 e. The number of aliphatic hydroxyl groups is 4. The fraction of sp³-hybridized carbons (Fsp3) is 0.559. The zero-order valence-corrected chi connectivity index (χ0v) is 24.7. The van der Waals surface area contributed by atoms with Gasteiger partial charge in [-0.05, 0) is 66.8 Å². The average molecular weight is 591 g/mol. The molecule has 0 radical (unpaired) electrons. The summed E-state index contributed by atoms with van der Waals surface area (Å²) in [5.74, 6) is -0.241. The number of ketones is 1. The zero-order chi connectivity index (χ0) is 30.3. The van der Waals surface area contributed by atoms with Crippen molar-refractivity contribution in [3.63, 3.8) is 0 Å². The van der Waals surface area contributed by atoms with E-state index in [2.05, 4.69) is 13.0 Å². The highest BCUT2D eigenvalue weighted by Crippen LogP contribution is 2.70. The fourth-order valence-corrected chi connectivity index (χ4v) is 9.80. The number of nitrogens with two attached hydrogens (primary N) is 1. The summed E-state index contributed by atoms with van der Waals surface area (Å²) in [4.78, 5) is 13.8. The maximum atomic E-state index is 13.8. The minimum absolute atomic E-state index is 0.0450. The number of allylic oxidation sites excluding steroid dienone is 2. The highest BCUT2D eigenvalue weighted by molar-refractivity contribution is 5.91. The molecule has 43 heavy (non-hydrogen) atoms. The third-order valence-corrected chi connectivity index (χ3v) is 11.7. The summed E-state index contributed by atoms with van der Waals surface area (Å²) >= 11 is 0. The quantitative estimate of drug-likeness (QED) is 0.255. The molecule has 7 rings (SSSR count). The second-order valence-electron chi connectivity index (χ2n) is 13.8. The first-order chi connectivity index (χ1) is 20.5. The fourth-order valence-electron chi connectivity index (χ4n) is 9.80. The number of fused-ring (bicyclic) bond motifs is 7. The predicted octanol–water partition coefficient (Wildman–Crippen LogP) is 3.01. The Morgan fingerprint density at radius 3 is 2.74 bits per heavy atom. The van der Waals surface area contributed by atoms with Gasteiger partial charge in [-0.25, -0.2) is 0 Å². The smallest absolute Gasteiger partial charge is 0.193 e. The van der Waals surface area contributed by atoms with Crippen molar-refractivity contribution in [2.45, 2.75) is 82.9 Å². The van der Waals surface area contributed by atoms with Gasteiger partial charge < -0.3 is 40.2 Å². The van der Waals surface area contributed by atoms with Gasteiger partial charge in [0.2, 0.25) is 0 Å². The molecular weight excluding hydrogens is 548 g/mol. The third kappa shape index (κ3) is 4.09. The van der Waals surface area contributed by atoms with Gasteiger partial charge in [0, 0.05) is 46.9 Å². The lowest BCUT2D eigenvalue weighted by molar-refractivity contribution is -0.201. The second-order valence-corrected chi connectivity index (χ2v) is 13.8. The van der Waals surface area contributed by atoms with E-state index in [-0.39, 0.29) is 29.8 Å². The van der Waals surface area contributed by atoms with Crippen LogP contribution in [-0.4, -0.2) is 61.3 Å². The molecule has 9 nitrogen and oxygen atoms in total. The summed E-state index contributed by atoms with van der Waals surface area (Å²) < 4.78 is 15.3. The minimum atomic E-state index is -1.37. The molecule has 9 heteroatoms. The van der Waals surface area contributed by atoms with E-state index in [1.165, 1.54) is 5.57 Å². The molecule has 1 unspecified atom stereocenters. The van der Waals surface area contributed by atoms with Crippen molar-refractivity contribution in [1.82, 2.24) is 4.57 Å². The standard InChI is InChI=1S/C34H42N2O7/c1-32-9-7-24(39)12-22(32)4-6-25-26-13-29-34(28(41)18-38,33(26,2)14-27(40)30(25)32)43-31(42-29)20-8-10-36(16-20)15-19-3-5-23(35)11-21(19)17-37/h3,5,7-12,16,24-27,29-31,37-40H,4,6,13-15,17-18,35H2,1-2H3/t24?,25-,26-,27-,29+,30+,31+,32-,33-,34+/m0/s1. The molecule has 0 spiro atoms. The van der Waals surface area contributed by atoms with Crippen molar-refractivity contribution >= 4 is 11.5 Å². The number of Topliss-reactive ketones (excluding diaryl/α,β-unsaturated/α-hetero) is 1. The molecule has 2 aromatic rings. The molecule has 0 amide bonds. The number of benzene rings is 1. The number of nitrogen functional groups attached to an aromatic ring is 1. The maximum absolute atomic E-state index is 13.8. The second kappa shape index (κ2) is 10.1. The van der Waals surface area contributed by atoms with Crippen LogP contribution in [0, 0.1) is 28.6 Å². The summed E-state index contributed by atoms with van der Waals surface area (Å²) in [6.07, 6.45) is 9.67. The Hall–Kier alpha value is -2.79. The van der Waals surface area contributed by atoms with E-state index in [0.29, 0.717) is 25.1 Å². The van der Waals surface area contributed by atoms with E-state index in [0.717, 1.165) is 29.5 Å². The first-order valence-electron chi connectivity index (χ1n) is 15.4. The number of hydrogen-bond donors (Lipinski definition) is 5. The van der Waals surface area contributed by atoms with Gasteiger partial charge in [-0.1, -0.05) is 43.7 Å². The van der Waals surface area contributed by atoms with E-state index >= 15 is 0 Å². The number of carbonyl (C=O) groups excluding carboxylic acids is 1. The number of anilines is 1. The number of aromatic nitrogens is 1. The van der Waals surface area contributed by atoms with Crippen molar-refractivity contribution in [3.8, 4) is 0 Å². The topological polar surface area (TPSA) is 147 Å². The lowest BCUT2D eigenvalue weighted by Crippen LogP contribution is -2.63. The number of rotatable bonds is 6. The van der Waals surface area contributed by atoms with Crippen LogP contribution in [0.4, 0.5) is 5.69 Å². The molecule has 10 atom stereocenters. The monoisotopic (exact) mass is 590 g/mol. The van der Waals surface area contributed by atoms with Gasteiger partial charge in [-0.2, -0.15) is 0 Å². The molecule has 2 heterocycles. The van der Waals surface area contributed by atoms with Crippen LogP contribution in [0.1, 0.15) is 62.5 Å². The molecule has 230 valence electrons. The van der Waals surface area contributed by atoms with Crippen LogP contribution in [0.2, 0.25) is 0 Å². The lowest BCUT2D eigenvalue weighted by Gasteiger charge is -2.60. The number of carbonyl (C=O) groups is 1. The first-order valence-corrected chi connectivity index (χ1v) is 15.4. The molecule has 3 saturated carbocycles. The van der Waals surface area contributed by atoms with Crippen LogP contribution in [0.15, 0.2) is 60.5 Å². The molecule has 4 aliphatic carbocycles. The molecular formula is C34H42N2O7. The zero-order valence-electron chi connectivity index (χ0n) is 24.7. The Morgan fingerprint density at radius 2 is 1.98 bits per heavy atom. The Kier molecular flexibility index (Phi) is 6.81. The summed E-state index contributed by atoms with van der Waals surface area (Å²) in [5, 5.41) is 42.1. The number of ether oxygens (including phenoxy) is 2. The summed E-state index contributed by atoms with van der Waals surface area (Å²) in [6, 6.07) is 7.39. The van der Waals surface area contributed by atoms with E-state index in [1.807, 2.05) is 54.2 Å². The Labute approximate surface area is 251 Å². The number of nitrogens with zero attached hydrogens (tertiary/aromatic N) is 1. The van der Waals surface area contributed by atoms with Crippen molar-refractivity contribution in [1.29, 1.82) is 0 Å². The van der Waals surface area contributed by atoms with Crippen LogP contribution >= 0.6 is 0 Å². The van der Waals surface area contributed by atoms with E-state index in [1.54, 1.807) is 6.07 Å². The number of aliphatic hydroxyl groups excluding tert-OH is 4. The van der Waals surface area contributed by atoms with Gasteiger partial charge in [0.25, 0.3) is 0 Å². The Balaban J connectivity index is 1.18. The van der Waals surface area contributed by atoms with Gasteiger partial charge in [0.1, 0.15) is 6.61 Å². The maximum Gasteiger partial charge on any atom is 0.193 e. The molecule has 6 N–H and O–H groups in total. The summed E-state index contributed by atoms with van der Waals surface area (Å²) in [6.45, 7) is 3.96. The predicted molar refractivity (Wildman–Crippen MR) is 158 cm³/mol. The molecule has 0 bridgehead atoms. The molecule has 4 fully saturated rings. The first kappa shape index (κ1) is 29.0. The van der Waals surface area contributed by atoms with E-state index in [9.17, 15) is 25.2 Å². The van der Waals surface area contributed by atoms with Gasteiger partial charge in [-0.15, -0.1) is 0 Å². The van der Waals surface area contributed by atoms with Gasteiger partial charge in [-0.3, -0.25) is 4.79 Å². The normalized spacial score (nSPS) is 41.3. The van der Waals surface area contributed by atoms with E-state index in [4.69, 9.17) is 15.2 Å². The number of hydrogen-bond acceptors (Lipinski definition) is 8. The molecule has 1 aromatic heterocycles. The molecule has 1 aromatic carbocycles. The van der Waals surface area contributed by atoms with Crippen molar-refractivity contribution in [3.05, 3.63) is 77.2 Å². The van der Waals surface area contributed by atoms with Crippen molar-refractivity contribution < 1.29 is 34.7 Å². The van der Waals surface area contributed by atoms with Crippen molar-refractivity contribution in [2.75, 3.05) is 12.3 Å². The molecule has 1 aliphatic heterocycles. The van der Waals surface area contributed by atoms with Crippen LogP contribution < -0.4 is 5.73 Å². The summed E-state index contributed by atoms with van der Waals surface area (Å²) in [7, 11) is 0. The molecule has 5 aliphatic rings. The Morgan fingerprint density at radius 1 is 1.16 bits per heavy atom. The SMILES string of the molecule is C[C@]12C=CC(O)C=C1CC[C@@H]1[C@@H]2[C@@H](O)C[C@@]2(C)[C@H]1C[C@H]1O[C@@H](c3ccn(Cc4ccc(N)cc4CO)c3)O[C@]12C(=O)CO. The van der Waals surface area contributed by atoms with Gasteiger partial charge in [0.15, 0.2) is 17.7 Å². The lowest BCUT2D eigenvalue weighted by atomic mass is 9.46. The van der Waals surface area contributed by atoms with Crippen LogP contribution in [0.5, 0.6) is 0 Å². The van der Waals surface area contributed by atoms with Gasteiger partial charge >= 0.3 is 0 Å². The van der Waals surface area contributed by atoms with Crippen LogP contribution in [-0.2, 0) is 27.4 Å². The summed E-state index contributed by atoms with van der Waals surface area (Å²) in [5.41, 5.74) is 7.67. The third-order valence-electron chi connectivity index (χ3n) is 11.7. The van der Waals surface area contributed by atoms with Gasteiger partial charge in [0.05, 0.1) is 24.9 Å². The minimum Gasteiger partial charge on any atom is -0.399 e. The highest BCUT2D eigenvalue weighted by Gasteiger charge is 2.75. The van der Waals surface area contributed by atoms with Crippen LogP contribution in [0.25, 0.3) is 0 Å². The van der Waals surface area contributed by atoms with Crippen LogP contribution in [0.3, 0.4) is 0 Å². The highest BCUT2D eigenvalue weighted by atomic mass is 16.7.